The molecule has 0 amide bonds. The highest BCUT2D eigenvalue weighted by Crippen LogP contribution is 2.23. The van der Waals surface area contributed by atoms with E-state index in [9.17, 15) is 0 Å². The molecule has 1 aromatic rings. The predicted octanol–water partition coefficient (Wildman–Crippen LogP) is 3.67. The molecule has 0 fully saturated rings. The predicted molar refractivity (Wildman–Crippen MR) is 87.0 cm³/mol. The van der Waals surface area contributed by atoms with Gasteiger partial charge in [0, 0.05) is 26.3 Å². The van der Waals surface area contributed by atoms with Crippen LogP contribution in [-0.2, 0) is 11.3 Å². The molecular formula is C16H27ClN2O2. The quantitative estimate of drug-likeness (QED) is 0.755. The third-order valence-electron chi connectivity index (χ3n) is 3.24. The van der Waals surface area contributed by atoms with Crippen LogP contribution in [-0.4, -0.2) is 30.8 Å². The lowest BCUT2D eigenvalue weighted by Crippen LogP contribution is -2.25. The minimum absolute atomic E-state index is 0.201. The van der Waals surface area contributed by atoms with Crippen molar-refractivity contribution in [3.05, 3.63) is 22.8 Å². The van der Waals surface area contributed by atoms with Gasteiger partial charge < -0.3 is 14.8 Å². The first-order valence-electron chi connectivity index (χ1n) is 7.37. The first kappa shape index (κ1) is 18.2. The molecule has 1 rings (SSSR count). The molecule has 0 aliphatic heterocycles. The zero-order valence-electron chi connectivity index (χ0n) is 13.7. The summed E-state index contributed by atoms with van der Waals surface area (Å²) in [7, 11) is 1.70. The number of halogens is 1. The van der Waals surface area contributed by atoms with Crippen LogP contribution in [0.2, 0.25) is 5.02 Å². The molecule has 0 radical (unpaired) electrons. The van der Waals surface area contributed by atoms with Gasteiger partial charge in [-0.25, -0.2) is 4.98 Å². The number of hydrogen-bond acceptors (Lipinski definition) is 4. The third kappa shape index (κ3) is 7.11. The molecule has 0 spiro atoms. The lowest BCUT2D eigenvalue weighted by Gasteiger charge is -2.22. The van der Waals surface area contributed by atoms with Crippen molar-refractivity contribution in [3.63, 3.8) is 0 Å². The van der Waals surface area contributed by atoms with E-state index in [0.29, 0.717) is 23.4 Å². The fraction of sp³-hybridized carbons (Fsp3) is 0.688. The van der Waals surface area contributed by atoms with E-state index in [1.54, 1.807) is 13.3 Å². The smallest absolute Gasteiger partial charge is 0.232 e. The largest absolute Gasteiger partial charge is 0.476 e. The molecule has 0 atom stereocenters. The number of nitrogens with zero attached hydrogens (tertiary/aromatic N) is 1. The summed E-state index contributed by atoms with van der Waals surface area (Å²) < 4.78 is 11.0. The van der Waals surface area contributed by atoms with E-state index in [0.717, 1.165) is 25.1 Å². The number of ether oxygens (including phenoxy) is 2. The fourth-order valence-electron chi connectivity index (χ4n) is 1.67. The Hall–Kier alpha value is -0.840. The van der Waals surface area contributed by atoms with E-state index >= 15 is 0 Å². The van der Waals surface area contributed by atoms with Gasteiger partial charge in [-0.05, 0) is 37.9 Å². The molecule has 0 aromatic carbocycles. The summed E-state index contributed by atoms with van der Waals surface area (Å²) in [5.41, 5.74) is 0.859. The number of methoxy groups -OCH3 is 1. The highest BCUT2D eigenvalue weighted by molar-refractivity contribution is 6.31. The summed E-state index contributed by atoms with van der Waals surface area (Å²) >= 11 is 6.21. The zero-order valence-corrected chi connectivity index (χ0v) is 14.5. The van der Waals surface area contributed by atoms with Crippen LogP contribution in [0, 0.1) is 5.92 Å². The summed E-state index contributed by atoms with van der Waals surface area (Å²) in [6, 6.07) is 1.90. The van der Waals surface area contributed by atoms with Crippen LogP contribution in [0.15, 0.2) is 12.3 Å². The molecule has 1 N–H and O–H groups in total. The molecule has 1 aromatic heterocycles. The number of rotatable bonds is 9. The minimum atomic E-state index is -0.201. The van der Waals surface area contributed by atoms with Crippen LogP contribution in [0.5, 0.6) is 5.88 Å². The van der Waals surface area contributed by atoms with Crippen molar-refractivity contribution >= 4 is 11.6 Å². The van der Waals surface area contributed by atoms with Crippen LogP contribution in [0.3, 0.4) is 0 Å². The SMILES string of the molecule is COC(C)(C)CCOc1ncc(CNCC(C)C)cc1Cl. The van der Waals surface area contributed by atoms with Gasteiger partial charge in [0.2, 0.25) is 5.88 Å². The van der Waals surface area contributed by atoms with Gasteiger partial charge in [0.1, 0.15) is 5.02 Å². The molecule has 5 heteroatoms. The maximum atomic E-state index is 6.21. The van der Waals surface area contributed by atoms with Crippen molar-refractivity contribution < 1.29 is 9.47 Å². The van der Waals surface area contributed by atoms with Gasteiger partial charge in [-0.1, -0.05) is 25.4 Å². The van der Waals surface area contributed by atoms with Crippen LogP contribution in [0.1, 0.15) is 39.7 Å². The van der Waals surface area contributed by atoms with E-state index in [1.807, 2.05) is 19.9 Å². The Morgan fingerprint density at radius 2 is 2.10 bits per heavy atom. The lowest BCUT2D eigenvalue weighted by molar-refractivity contribution is 0.00509. The molecule has 1 heterocycles. The second-order valence-electron chi connectivity index (χ2n) is 6.22. The summed E-state index contributed by atoms with van der Waals surface area (Å²) in [5.74, 6) is 1.11. The fourth-order valence-corrected chi connectivity index (χ4v) is 1.91. The van der Waals surface area contributed by atoms with Crippen molar-refractivity contribution in [3.8, 4) is 5.88 Å². The second-order valence-corrected chi connectivity index (χ2v) is 6.62. The average molecular weight is 315 g/mol. The molecule has 0 saturated heterocycles. The standard InChI is InChI=1S/C16H27ClN2O2/c1-12(2)9-18-10-13-8-14(17)15(19-11-13)21-7-6-16(3,4)20-5/h8,11-12,18H,6-7,9-10H2,1-5H3. The average Bonchev–Trinajstić information content (AvgIpc) is 2.40. The Bertz CT molecular complexity index is 436. The first-order valence-corrected chi connectivity index (χ1v) is 7.75. The maximum Gasteiger partial charge on any atom is 0.232 e. The molecule has 0 bridgehead atoms. The number of pyridine rings is 1. The van der Waals surface area contributed by atoms with Gasteiger partial charge in [0.05, 0.1) is 12.2 Å². The van der Waals surface area contributed by atoms with Crippen LogP contribution >= 0.6 is 11.6 Å². The Kier molecular flexibility index (Phi) is 7.43. The summed E-state index contributed by atoms with van der Waals surface area (Å²) in [4.78, 5) is 4.29. The lowest BCUT2D eigenvalue weighted by atomic mass is 10.1. The maximum absolute atomic E-state index is 6.21. The van der Waals surface area contributed by atoms with E-state index in [1.165, 1.54) is 0 Å². The van der Waals surface area contributed by atoms with Crippen molar-refractivity contribution in [2.24, 2.45) is 5.92 Å². The normalized spacial score (nSPS) is 12.0. The van der Waals surface area contributed by atoms with E-state index in [2.05, 4.69) is 24.1 Å². The van der Waals surface area contributed by atoms with Gasteiger partial charge in [-0.3, -0.25) is 0 Å². The zero-order chi connectivity index (χ0) is 15.9. The Morgan fingerprint density at radius 3 is 2.67 bits per heavy atom. The number of nitrogens with one attached hydrogen (secondary N) is 1. The molecule has 120 valence electrons. The second kappa shape index (κ2) is 8.57. The van der Waals surface area contributed by atoms with Gasteiger partial charge in [-0.15, -0.1) is 0 Å². The van der Waals surface area contributed by atoms with Crippen molar-refractivity contribution in [2.75, 3.05) is 20.3 Å². The number of hydrogen-bond donors (Lipinski definition) is 1. The highest BCUT2D eigenvalue weighted by Gasteiger charge is 2.16. The Morgan fingerprint density at radius 1 is 1.38 bits per heavy atom. The van der Waals surface area contributed by atoms with E-state index < -0.39 is 0 Å². The molecular weight excluding hydrogens is 288 g/mol. The topological polar surface area (TPSA) is 43.4 Å². The van der Waals surface area contributed by atoms with Gasteiger partial charge >= 0.3 is 0 Å². The molecule has 0 saturated carbocycles. The van der Waals surface area contributed by atoms with Crippen molar-refractivity contribution in [1.82, 2.24) is 10.3 Å². The molecule has 4 nitrogen and oxygen atoms in total. The molecule has 0 aliphatic carbocycles. The minimum Gasteiger partial charge on any atom is -0.476 e. The first-order chi connectivity index (χ1) is 9.84. The van der Waals surface area contributed by atoms with Gasteiger partial charge in [0.25, 0.3) is 0 Å². The van der Waals surface area contributed by atoms with Gasteiger partial charge in [0.15, 0.2) is 0 Å². The molecule has 21 heavy (non-hydrogen) atoms. The van der Waals surface area contributed by atoms with E-state index in [4.69, 9.17) is 21.1 Å². The van der Waals surface area contributed by atoms with Crippen LogP contribution in [0.25, 0.3) is 0 Å². The molecule has 0 unspecified atom stereocenters. The van der Waals surface area contributed by atoms with Gasteiger partial charge in [-0.2, -0.15) is 0 Å². The number of aromatic nitrogens is 1. The van der Waals surface area contributed by atoms with Crippen LogP contribution in [0.4, 0.5) is 0 Å². The summed E-state index contributed by atoms with van der Waals surface area (Å²) in [6.07, 6.45) is 2.58. The summed E-state index contributed by atoms with van der Waals surface area (Å²) in [6.45, 7) is 10.7. The monoisotopic (exact) mass is 314 g/mol. The third-order valence-corrected chi connectivity index (χ3v) is 3.51. The Balaban J connectivity index is 2.47. The highest BCUT2D eigenvalue weighted by atomic mass is 35.5. The Labute approximate surface area is 133 Å². The van der Waals surface area contributed by atoms with Crippen molar-refractivity contribution in [1.29, 1.82) is 0 Å². The molecule has 0 aliphatic rings. The summed E-state index contributed by atoms with van der Waals surface area (Å²) in [5, 5.41) is 3.91. The van der Waals surface area contributed by atoms with Crippen molar-refractivity contribution in [2.45, 2.75) is 46.3 Å². The van der Waals surface area contributed by atoms with E-state index in [-0.39, 0.29) is 5.60 Å². The van der Waals surface area contributed by atoms with Crippen LogP contribution < -0.4 is 10.1 Å².